The molecule has 4 aromatic heterocycles. The first-order valence-corrected chi connectivity index (χ1v) is 29.7. The number of ether oxygens (including phenoxy) is 1. The maximum Gasteiger partial charge on any atom is 0.306 e. The number of furan rings is 1. The summed E-state index contributed by atoms with van der Waals surface area (Å²) in [4.78, 5) is 83.0. The molecule has 2 saturated heterocycles. The number of nitrogens with one attached hydrogen (secondary N) is 3. The summed E-state index contributed by atoms with van der Waals surface area (Å²) in [6, 6.07) is 20.0. The Bertz CT molecular complexity index is 3620. The van der Waals surface area contributed by atoms with E-state index in [1.165, 1.54) is 4.90 Å². The predicted octanol–water partition coefficient (Wildman–Crippen LogP) is 8.73. The molecule has 428 valence electrons. The van der Waals surface area contributed by atoms with Gasteiger partial charge in [0.1, 0.15) is 46.4 Å². The van der Waals surface area contributed by atoms with Crippen molar-refractivity contribution in [1.82, 2.24) is 40.6 Å². The molecular formula is C61H68N10O9S2. The third-order valence-electron chi connectivity index (χ3n) is 16.5. The fourth-order valence-electron chi connectivity index (χ4n) is 11.6. The molecule has 3 fully saturated rings. The van der Waals surface area contributed by atoms with Gasteiger partial charge in [-0.05, 0) is 106 Å². The van der Waals surface area contributed by atoms with Crippen LogP contribution in [0.25, 0.3) is 26.4 Å². The zero-order valence-corrected chi connectivity index (χ0v) is 48.8. The lowest BCUT2D eigenvalue weighted by Gasteiger charge is -2.38. The molecule has 7 heterocycles. The highest BCUT2D eigenvalue weighted by Gasteiger charge is 2.45. The standard InChI is InChI=1S/C61H68N10O9S2/c1-31-34(4)82-60-51(31)52(65-46(28-50(73)74)55-68-67-35(5)71(55)60)37-13-15-42(16-14-37)69-21-19-39(20-22-69)56(75)64-41-25-45(26-41)79-44-17-18-48-40(23-44)24-49(80-48)58(77)66-54(61(6,7)8)59(78)70-29-43(72)27-47(70)57(76)63-32(2)36-9-11-38(12-10-36)53-33(3)62-30-81-53/h9-18,23-24,30,32,39,41,43,45-47,54,72H,19-22,25-29H2,1-8H3,(H,63,76)(H,64,75)(H,66,77)(H,73,74)/t32-,41-,43+,45+,46-,47-,54+/m0/s1. The van der Waals surface area contributed by atoms with Crippen molar-refractivity contribution >= 4 is 74.6 Å². The molecule has 11 rings (SSSR count). The van der Waals surface area contributed by atoms with Gasteiger partial charge in [0.2, 0.25) is 17.7 Å². The molecule has 4 amide bonds. The molecule has 7 aromatic rings. The van der Waals surface area contributed by atoms with Crippen LogP contribution in [0.1, 0.15) is 133 Å². The van der Waals surface area contributed by atoms with Gasteiger partial charge in [-0.1, -0.05) is 57.2 Å². The Morgan fingerprint density at radius 1 is 0.878 bits per heavy atom. The van der Waals surface area contributed by atoms with Crippen LogP contribution >= 0.6 is 22.7 Å². The molecule has 3 aliphatic heterocycles. The summed E-state index contributed by atoms with van der Waals surface area (Å²) in [5.74, 6) is -0.682. The quantitative estimate of drug-likeness (QED) is 0.0645. The van der Waals surface area contributed by atoms with E-state index < -0.39 is 53.3 Å². The number of thiazole rings is 1. The smallest absolute Gasteiger partial charge is 0.306 e. The molecule has 21 heteroatoms. The molecule has 3 aromatic carbocycles. The number of rotatable bonds is 15. The van der Waals surface area contributed by atoms with Crippen LogP contribution in [0.2, 0.25) is 0 Å². The summed E-state index contributed by atoms with van der Waals surface area (Å²) < 4.78 is 14.3. The summed E-state index contributed by atoms with van der Waals surface area (Å²) in [7, 11) is 0. The maximum absolute atomic E-state index is 14.4. The zero-order valence-electron chi connectivity index (χ0n) is 47.2. The number of amides is 4. The second kappa shape index (κ2) is 22.5. The lowest BCUT2D eigenvalue weighted by molar-refractivity contribution is -0.142. The number of aliphatic hydroxyl groups is 1. The second-order valence-electron chi connectivity index (χ2n) is 23.3. The van der Waals surface area contributed by atoms with Crippen LogP contribution in [0.3, 0.4) is 0 Å². The number of anilines is 1. The molecule has 19 nitrogen and oxygen atoms in total. The van der Waals surface area contributed by atoms with Crippen LogP contribution in [0.4, 0.5) is 5.69 Å². The lowest BCUT2D eigenvalue weighted by atomic mass is 9.85. The number of aryl methyl sites for hydroxylation is 3. The third-order valence-corrected chi connectivity index (χ3v) is 18.6. The third kappa shape index (κ3) is 11.3. The first-order valence-electron chi connectivity index (χ1n) is 28.0. The molecule has 5 atom stereocenters. The molecule has 0 radical (unpaired) electrons. The fourth-order valence-corrected chi connectivity index (χ4v) is 13.7. The summed E-state index contributed by atoms with van der Waals surface area (Å²) >= 11 is 3.20. The number of aliphatic imine (C=N–C) groups is 1. The Hall–Kier alpha value is -7.75. The van der Waals surface area contributed by atoms with Crippen molar-refractivity contribution in [2.45, 2.75) is 136 Å². The van der Waals surface area contributed by atoms with Crippen LogP contribution in [0.5, 0.6) is 5.75 Å². The van der Waals surface area contributed by atoms with E-state index in [1.807, 2.05) is 88.0 Å². The van der Waals surface area contributed by atoms with Crippen molar-refractivity contribution in [2.24, 2.45) is 16.3 Å². The minimum atomic E-state index is -1.06. The van der Waals surface area contributed by atoms with Gasteiger partial charge in [-0.2, -0.15) is 0 Å². The van der Waals surface area contributed by atoms with E-state index in [9.17, 15) is 34.2 Å². The molecule has 5 N–H and O–H groups in total. The zero-order chi connectivity index (χ0) is 57.9. The molecule has 0 unspecified atom stereocenters. The number of carboxylic acid groups (broad SMARTS) is 1. The molecule has 4 aliphatic rings. The second-order valence-corrected chi connectivity index (χ2v) is 25.4. The number of β-amino-alcohol motifs (C(OH)–C–C–N with tert-alkyl or cyclic N) is 1. The molecule has 0 spiro atoms. The number of thiophene rings is 1. The van der Waals surface area contributed by atoms with Gasteiger partial charge in [0.25, 0.3) is 5.91 Å². The SMILES string of the molecule is Cc1ncsc1-c1ccc([C@H](C)NC(=O)[C@@H]2C[C@@H](O)CN2C(=O)[C@@H](NC(=O)c2cc3cc(O[C@H]4C[C@@H](NC(=O)C5CCN(c6ccc(C7=N[C@@H](CC(=O)O)c8nnc(C)n8-c8sc(C)c(C)c87)cc6)CC5)C4)ccc3o2)C(C)(C)C)cc1. The van der Waals surface area contributed by atoms with Gasteiger partial charge in [-0.15, -0.1) is 32.9 Å². The Morgan fingerprint density at radius 2 is 1.60 bits per heavy atom. The highest BCUT2D eigenvalue weighted by molar-refractivity contribution is 7.15. The average molecular weight is 1150 g/mol. The number of hydrogen-bond acceptors (Lipinski definition) is 15. The Balaban J connectivity index is 0.655. The topological polar surface area (TPSA) is 247 Å². The van der Waals surface area contributed by atoms with E-state index in [0.717, 1.165) is 72.8 Å². The number of carbonyl (C=O) groups is 5. The fraction of sp³-hybridized carbons (Fsp3) is 0.426. The van der Waals surface area contributed by atoms with Gasteiger partial charge in [-0.3, -0.25) is 33.5 Å². The van der Waals surface area contributed by atoms with Crippen LogP contribution in [0, 0.1) is 39.0 Å². The average Bonchev–Trinajstić information content (AvgIpc) is 3.14. The van der Waals surface area contributed by atoms with Crippen LogP contribution in [-0.4, -0.2) is 120 Å². The monoisotopic (exact) mass is 1150 g/mol. The van der Waals surface area contributed by atoms with Gasteiger partial charge in [0, 0.05) is 77.9 Å². The van der Waals surface area contributed by atoms with E-state index in [1.54, 1.807) is 46.9 Å². The van der Waals surface area contributed by atoms with E-state index in [4.69, 9.17) is 14.1 Å². The predicted molar refractivity (Wildman–Crippen MR) is 313 cm³/mol. The lowest BCUT2D eigenvalue weighted by Crippen LogP contribution is -2.57. The summed E-state index contributed by atoms with van der Waals surface area (Å²) in [5, 5.41) is 40.1. The van der Waals surface area contributed by atoms with Gasteiger partial charge >= 0.3 is 5.97 Å². The summed E-state index contributed by atoms with van der Waals surface area (Å²) in [6.07, 6.45) is 1.56. The largest absolute Gasteiger partial charge is 0.490 e. The van der Waals surface area contributed by atoms with Gasteiger partial charge in [-0.25, -0.2) is 4.98 Å². The van der Waals surface area contributed by atoms with Gasteiger partial charge < -0.3 is 45.1 Å². The van der Waals surface area contributed by atoms with Gasteiger partial charge in [0.15, 0.2) is 11.6 Å². The van der Waals surface area contributed by atoms with Crippen LogP contribution < -0.4 is 25.6 Å². The number of piperidine rings is 1. The van der Waals surface area contributed by atoms with Crippen molar-refractivity contribution in [3.63, 3.8) is 0 Å². The first kappa shape index (κ1) is 56.1. The minimum absolute atomic E-state index is 0.00530. The number of fused-ring (bicyclic) bond motifs is 4. The van der Waals surface area contributed by atoms with Crippen molar-refractivity contribution < 1.29 is 43.3 Å². The highest BCUT2D eigenvalue weighted by atomic mass is 32.1. The number of hydrogen-bond donors (Lipinski definition) is 5. The minimum Gasteiger partial charge on any atom is -0.490 e. The van der Waals surface area contributed by atoms with Crippen molar-refractivity contribution in [1.29, 1.82) is 0 Å². The van der Waals surface area contributed by atoms with Gasteiger partial charge in [0.05, 0.1) is 40.4 Å². The van der Waals surface area contributed by atoms with E-state index in [-0.39, 0.29) is 55.2 Å². The number of aromatic nitrogens is 4. The van der Waals surface area contributed by atoms with E-state index in [2.05, 4.69) is 62.0 Å². The maximum atomic E-state index is 14.4. The molecule has 1 saturated carbocycles. The normalized spacial score (nSPS) is 20.7. The Kier molecular flexibility index (Phi) is 15.4. The number of carbonyl (C=O) groups excluding carboxylic acids is 4. The number of aliphatic hydroxyl groups excluding tert-OH is 1. The van der Waals surface area contributed by atoms with E-state index in [0.29, 0.717) is 54.1 Å². The van der Waals surface area contributed by atoms with Crippen molar-refractivity contribution in [3.05, 3.63) is 129 Å². The first-order chi connectivity index (χ1) is 39.2. The molecule has 1 aliphatic carbocycles. The summed E-state index contributed by atoms with van der Waals surface area (Å²) in [6.45, 7) is 16.7. The van der Waals surface area contributed by atoms with Crippen molar-refractivity contribution in [3.8, 4) is 21.2 Å². The van der Waals surface area contributed by atoms with Crippen LogP contribution in [0.15, 0.2) is 87.7 Å². The Morgan fingerprint density at radius 3 is 2.28 bits per heavy atom. The van der Waals surface area contributed by atoms with Crippen LogP contribution in [-0.2, 0) is 19.2 Å². The number of carboxylic acids is 1. The van der Waals surface area contributed by atoms with Crippen molar-refractivity contribution in [2.75, 3.05) is 24.5 Å². The molecule has 82 heavy (non-hydrogen) atoms. The number of likely N-dealkylation sites (tertiary alicyclic amines) is 1. The summed E-state index contributed by atoms with van der Waals surface area (Å²) in [5.41, 5.74) is 9.10. The highest BCUT2D eigenvalue weighted by Crippen LogP contribution is 2.41. The van der Waals surface area contributed by atoms with E-state index >= 15 is 0 Å². The number of benzene rings is 3. The Labute approximate surface area is 483 Å². The molecule has 0 bridgehead atoms. The number of aliphatic carboxylic acids is 1. The number of nitrogens with zero attached hydrogens (tertiary/aromatic N) is 7. The molecular weight excluding hydrogens is 1080 g/mol.